The van der Waals surface area contributed by atoms with Crippen molar-refractivity contribution in [3.8, 4) is 0 Å². The summed E-state index contributed by atoms with van der Waals surface area (Å²) in [6.45, 7) is 8.72. The van der Waals surface area contributed by atoms with Gasteiger partial charge in [0.05, 0.1) is 24.4 Å². The number of aliphatic hydroxyl groups excluding tert-OH is 3. The average Bonchev–Trinajstić information content (AvgIpc) is 3.15. The average molecular weight is 477 g/mol. The summed E-state index contributed by atoms with van der Waals surface area (Å²) in [6.07, 6.45) is 14.2. The zero-order valence-corrected chi connectivity index (χ0v) is 21.7. The second-order valence-electron chi connectivity index (χ2n) is 10.5. The molecule has 0 bridgehead atoms. The molecular formula is C28H44O4S. The molecule has 0 amide bonds. The van der Waals surface area contributed by atoms with Crippen molar-refractivity contribution in [2.24, 2.45) is 11.3 Å². The van der Waals surface area contributed by atoms with E-state index < -0.39 is 17.8 Å². The summed E-state index contributed by atoms with van der Waals surface area (Å²) in [6, 6.07) is 0. The summed E-state index contributed by atoms with van der Waals surface area (Å²) in [4.78, 5) is 0. The molecule has 0 aromatic rings. The van der Waals surface area contributed by atoms with Crippen LogP contribution in [0.4, 0.5) is 0 Å². The second-order valence-corrected chi connectivity index (χ2v) is 11.8. The van der Waals surface area contributed by atoms with E-state index in [0.29, 0.717) is 29.6 Å². The molecule has 0 radical (unpaired) electrons. The van der Waals surface area contributed by atoms with Gasteiger partial charge in [-0.3, -0.25) is 0 Å². The highest BCUT2D eigenvalue weighted by Gasteiger charge is 2.46. The first-order chi connectivity index (χ1) is 15.7. The molecule has 5 atom stereocenters. The standard InChI is InChI=1S/C28H44O4S/c1-5-28(32,6-2)18-33-19(3)23-11-12-24-21(8-7-14-27(23,24)4)10-9-20-16-25(30)22(13-15-29)26(31)17-20/h9-11,13,19,24-26,29-32H,5-8,12,14-18H2,1-4H3/b20-9?,21-10+,22-13?/t19-,24-,25+,26+,27+/m0/s1. The van der Waals surface area contributed by atoms with Crippen LogP contribution in [0.3, 0.4) is 0 Å². The van der Waals surface area contributed by atoms with Crippen molar-refractivity contribution >= 4 is 11.8 Å². The minimum absolute atomic E-state index is 0.158. The normalized spacial score (nSPS) is 32.5. The largest absolute Gasteiger partial charge is 0.392 e. The van der Waals surface area contributed by atoms with Crippen molar-refractivity contribution in [1.82, 2.24) is 0 Å². The number of allylic oxidation sites excluding steroid dienone is 4. The smallest absolute Gasteiger partial charge is 0.0813 e. The number of aliphatic hydroxyl groups is 4. The van der Waals surface area contributed by atoms with Gasteiger partial charge in [0, 0.05) is 11.0 Å². The Labute approximate surface area is 204 Å². The van der Waals surface area contributed by atoms with Crippen LogP contribution in [0, 0.1) is 11.3 Å². The molecule has 2 fully saturated rings. The fourth-order valence-electron chi connectivity index (χ4n) is 6.08. The molecule has 3 aliphatic carbocycles. The lowest BCUT2D eigenvalue weighted by Gasteiger charge is -2.42. The first kappa shape index (κ1) is 26.7. The maximum atomic E-state index is 10.7. The summed E-state index contributed by atoms with van der Waals surface area (Å²) in [7, 11) is 0. The monoisotopic (exact) mass is 476 g/mol. The lowest BCUT2D eigenvalue weighted by molar-refractivity contribution is 0.0571. The van der Waals surface area contributed by atoms with E-state index in [0.717, 1.165) is 37.0 Å². The van der Waals surface area contributed by atoms with Gasteiger partial charge in [-0.25, -0.2) is 0 Å². The Hall–Kier alpha value is -0.850. The Morgan fingerprint density at radius 3 is 2.45 bits per heavy atom. The fraction of sp³-hybridized carbons (Fsp3) is 0.714. The predicted molar refractivity (Wildman–Crippen MR) is 138 cm³/mol. The second kappa shape index (κ2) is 11.3. The van der Waals surface area contributed by atoms with Crippen molar-refractivity contribution in [2.75, 3.05) is 12.4 Å². The van der Waals surface area contributed by atoms with E-state index in [1.54, 1.807) is 5.57 Å². The van der Waals surface area contributed by atoms with Crippen molar-refractivity contribution in [3.63, 3.8) is 0 Å². The summed E-state index contributed by atoms with van der Waals surface area (Å²) in [5.74, 6) is 1.30. The SMILES string of the molecule is CCC(O)(CC)CS[C@@H](C)C1=CC[C@H]2/C(=C/C=C3C[C@@H](O)C(=CCO)[C@H](O)C3)CCC[C@]12C. The topological polar surface area (TPSA) is 80.9 Å². The van der Waals surface area contributed by atoms with Crippen LogP contribution in [0.5, 0.6) is 0 Å². The summed E-state index contributed by atoms with van der Waals surface area (Å²) < 4.78 is 0. The summed E-state index contributed by atoms with van der Waals surface area (Å²) >= 11 is 1.90. The van der Waals surface area contributed by atoms with Gasteiger partial charge in [0.2, 0.25) is 0 Å². The predicted octanol–water partition coefficient (Wildman–Crippen LogP) is 5.08. The third-order valence-electron chi connectivity index (χ3n) is 8.51. The quantitative estimate of drug-likeness (QED) is 0.367. The minimum atomic E-state index is -0.718. The van der Waals surface area contributed by atoms with Gasteiger partial charge in [-0.1, -0.05) is 61.8 Å². The van der Waals surface area contributed by atoms with Gasteiger partial charge in [0.1, 0.15) is 0 Å². The molecular weight excluding hydrogens is 432 g/mol. The molecule has 0 aromatic carbocycles. The van der Waals surface area contributed by atoms with Crippen LogP contribution in [-0.4, -0.2) is 55.8 Å². The van der Waals surface area contributed by atoms with Crippen molar-refractivity contribution in [2.45, 2.75) is 102 Å². The van der Waals surface area contributed by atoms with Crippen LogP contribution in [0.1, 0.15) is 79.1 Å². The van der Waals surface area contributed by atoms with Crippen molar-refractivity contribution in [1.29, 1.82) is 0 Å². The minimum Gasteiger partial charge on any atom is -0.392 e. The zero-order valence-electron chi connectivity index (χ0n) is 20.9. The number of hydrogen-bond donors (Lipinski definition) is 4. The number of rotatable bonds is 8. The highest BCUT2D eigenvalue weighted by molar-refractivity contribution is 8.00. The van der Waals surface area contributed by atoms with Crippen LogP contribution < -0.4 is 0 Å². The van der Waals surface area contributed by atoms with Gasteiger partial charge in [-0.05, 0) is 75.2 Å². The van der Waals surface area contributed by atoms with E-state index in [1.807, 2.05) is 11.8 Å². The van der Waals surface area contributed by atoms with Crippen LogP contribution in [-0.2, 0) is 0 Å². The molecule has 0 saturated heterocycles. The molecule has 4 nitrogen and oxygen atoms in total. The summed E-state index contributed by atoms with van der Waals surface area (Å²) in [5, 5.41) is 41.0. The number of hydrogen-bond acceptors (Lipinski definition) is 5. The lowest BCUT2D eigenvalue weighted by atomic mass is 9.64. The van der Waals surface area contributed by atoms with Gasteiger partial charge >= 0.3 is 0 Å². The van der Waals surface area contributed by atoms with Gasteiger partial charge in [-0.15, -0.1) is 0 Å². The fourth-order valence-corrected chi connectivity index (χ4v) is 7.60. The van der Waals surface area contributed by atoms with E-state index in [9.17, 15) is 15.3 Å². The van der Waals surface area contributed by atoms with E-state index in [4.69, 9.17) is 5.11 Å². The first-order valence-electron chi connectivity index (χ1n) is 12.8. The van der Waals surface area contributed by atoms with Crippen molar-refractivity contribution < 1.29 is 20.4 Å². The molecule has 0 spiro atoms. The van der Waals surface area contributed by atoms with E-state index in [2.05, 4.69) is 45.9 Å². The molecule has 3 aliphatic rings. The van der Waals surface area contributed by atoms with Gasteiger partial charge in [0.15, 0.2) is 0 Å². The first-order valence-corrected chi connectivity index (χ1v) is 13.8. The van der Waals surface area contributed by atoms with E-state index in [-0.39, 0.29) is 12.0 Å². The van der Waals surface area contributed by atoms with Crippen LogP contribution in [0.2, 0.25) is 0 Å². The molecule has 33 heavy (non-hydrogen) atoms. The molecule has 0 aromatic heterocycles. The molecule has 3 rings (SSSR count). The number of thioether (sulfide) groups is 1. The van der Waals surface area contributed by atoms with E-state index >= 15 is 0 Å². The lowest BCUT2D eigenvalue weighted by Crippen LogP contribution is -2.35. The van der Waals surface area contributed by atoms with Crippen LogP contribution >= 0.6 is 11.8 Å². The maximum absolute atomic E-state index is 10.7. The molecule has 5 heteroatoms. The Balaban J connectivity index is 1.70. The maximum Gasteiger partial charge on any atom is 0.0813 e. The summed E-state index contributed by atoms with van der Waals surface area (Å²) in [5.41, 5.74) is 4.25. The third-order valence-corrected chi connectivity index (χ3v) is 9.97. The highest BCUT2D eigenvalue weighted by atomic mass is 32.2. The van der Waals surface area contributed by atoms with Gasteiger partial charge in [0.25, 0.3) is 0 Å². The molecule has 2 saturated carbocycles. The van der Waals surface area contributed by atoms with Gasteiger partial charge in [-0.2, -0.15) is 11.8 Å². The Morgan fingerprint density at radius 1 is 1.18 bits per heavy atom. The zero-order chi connectivity index (χ0) is 24.2. The Morgan fingerprint density at radius 2 is 1.85 bits per heavy atom. The Kier molecular flexibility index (Phi) is 9.13. The molecule has 0 unspecified atom stereocenters. The highest BCUT2D eigenvalue weighted by Crippen LogP contribution is 2.57. The molecule has 0 aliphatic heterocycles. The van der Waals surface area contributed by atoms with Crippen LogP contribution in [0.25, 0.3) is 0 Å². The number of fused-ring (bicyclic) bond motifs is 1. The van der Waals surface area contributed by atoms with Crippen molar-refractivity contribution in [3.05, 3.63) is 46.6 Å². The van der Waals surface area contributed by atoms with Crippen LogP contribution in [0.15, 0.2) is 46.6 Å². The molecule has 4 N–H and O–H groups in total. The Bertz CT molecular complexity index is 791. The molecule has 186 valence electrons. The molecule has 0 heterocycles. The third kappa shape index (κ3) is 5.87. The van der Waals surface area contributed by atoms with Gasteiger partial charge < -0.3 is 20.4 Å². The van der Waals surface area contributed by atoms with E-state index in [1.165, 1.54) is 24.5 Å².